The summed E-state index contributed by atoms with van der Waals surface area (Å²) in [6.45, 7) is 4.69. The van der Waals surface area contributed by atoms with Crippen molar-refractivity contribution >= 4 is 31.5 Å². The monoisotopic (exact) mass is 834 g/mol. The van der Waals surface area contributed by atoms with Gasteiger partial charge in [0.25, 0.3) is 0 Å². The molecule has 2 nitrogen and oxygen atoms in total. The molecule has 0 bridgehead atoms. The van der Waals surface area contributed by atoms with E-state index in [1.807, 2.05) is 17.4 Å². The SMILES string of the molecule is CC1(C)c2ccccc2-c2c(-c3ccccc3-c3cc(-c4cc(-c5cccc(-c6ccccc6)c5)cc(-c5cccc6c5sc5ccccc56)c4)nc(-c4ccccc4)n3)cccc21. The van der Waals surface area contributed by atoms with E-state index < -0.39 is 0 Å². The molecule has 0 saturated carbocycles. The first-order chi connectivity index (χ1) is 31.5. The van der Waals surface area contributed by atoms with Crippen LogP contribution in [0, 0.1) is 0 Å². The van der Waals surface area contributed by atoms with E-state index in [9.17, 15) is 0 Å². The number of rotatable bonds is 7. The van der Waals surface area contributed by atoms with Gasteiger partial charge in [0, 0.05) is 42.3 Å². The summed E-state index contributed by atoms with van der Waals surface area (Å²) in [5.74, 6) is 0.692. The Balaban J connectivity index is 1.09. The topological polar surface area (TPSA) is 25.8 Å². The summed E-state index contributed by atoms with van der Waals surface area (Å²) >= 11 is 1.86. The highest BCUT2D eigenvalue weighted by Gasteiger charge is 2.36. The summed E-state index contributed by atoms with van der Waals surface area (Å²) in [7, 11) is 0. The molecule has 2 heterocycles. The Morgan fingerprint density at radius 3 is 1.70 bits per heavy atom. The first-order valence-corrected chi connectivity index (χ1v) is 22.8. The fourth-order valence-electron chi connectivity index (χ4n) is 9.95. The Labute approximate surface area is 377 Å². The Bertz CT molecular complexity index is 3580. The van der Waals surface area contributed by atoms with Crippen molar-refractivity contribution in [2.45, 2.75) is 19.3 Å². The highest BCUT2D eigenvalue weighted by Crippen LogP contribution is 2.53. The molecule has 0 fully saturated rings. The van der Waals surface area contributed by atoms with Crippen molar-refractivity contribution in [3.63, 3.8) is 0 Å². The van der Waals surface area contributed by atoms with Crippen molar-refractivity contribution in [2.75, 3.05) is 0 Å². The van der Waals surface area contributed by atoms with Crippen LogP contribution in [0.4, 0.5) is 0 Å². The van der Waals surface area contributed by atoms with Gasteiger partial charge in [0.05, 0.1) is 11.4 Å². The average molecular weight is 835 g/mol. The Morgan fingerprint density at radius 1 is 0.344 bits per heavy atom. The molecular weight excluding hydrogens is 793 g/mol. The molecule has 0 spiro atoms. The van der Waals surface area contributed by atoms with Crippen molar-refractivity contribution in [3.8, 4) is 89.5 Å². The Morgan fingerprint density at radius 2 is 0.875 bits per heavy atom. The zero-order valence-corrected chi connectivity index (χ0v) is 36.4. The molecule has 0 radical (unpaired) electrons. The maximum atomic E-state index is 5.43. The lowest BCUT2D eigenvalue weighted by Crippen LogP contribution is -2.14. The van der Waals surface area contributed by atoms with Gasteiger partial charge in [-0.2, -0.15) is 0 Å². The van der Waals surface area contributed by atoms with E-state index in [4.69, 9.17) is 9.97 Å². The zero-order valence-electron chi connectivity index (χ0n) is 35.6. The van der Waals surface area contributed by atoms with E-state index in [0.717, 1.165) is 50.3 Å². The first kappa shape index (κ1) is 38.0. The zero-order chi connectivity index (χ0) is 42.8. The fourth-order valence-corrected chi connectivity index (χ4v) is 11.2. The van der Waals surface area contributed by atoms with Crippen molar-refractivity contribution in [1.82, 2.24) is 9.97 Å². The minimum Gasteiger partial charge on any atom is -0.228 e. The molecule has 9 aromatic carbocycles. The molecule has 0 saturated heterocycles. The summed E-state index contributed by atoms with van der Waals surface area (Å²) in [6, 6.07) is 79.1. The maximum absolute atomic E-state index is 5.43. The van der Waals surface area contributed by atoms with Crippen LogP contribution in [0.2, 0.25) is 0 Å². The lowest BCUT2D eigenvalue weighted by Gasteiger charge is -2.22. The molecule has 0 amide bonds. The minimum absolute atomic E-state index is 0.108. The van der Waals surface area contributed by atoms with Crippen molar-refractivity contribution in [2.24, 2.45) is 0 Å². The lowest BCUT2D eigenvalue weighted by atomic mass is 9.81. The van der Waals surface area contributed by atoms with Crippen LogP contribution in [-0.2, 0) is 5.41 Å². The average Bonchev–Trinajstić information content (AvgIpc) is 3.86. The van der Waals surface area contributed by atoms with Crippen LogP contribution in [0.5, 0.6) is 0 Å². The van der Waals surface area contributed by atoms with Gasteiger partial charge in [-0.25, -0.2) is 9.97 Å². The van der Waals surface area contributed by atoms with E-state index in [1.54, 1.807) is 0 Å². The molecule has 0 atom stereocenters. The smallest absolute Gasteiger partial charge is 0.160 e. The molecule has 2 aromatic heterocycles. The number of benzene rings is 9. The van der Waals surface area contributed by atoms with E-state index in [-0.39, 0.29) is 5.41 Å². The van der Waals surface area contributed by atoms with Crippen LogP contribution >= 0.6 is 11.3 Å². The number of aromatic nitrogens is 2. The summed E-state index contributed by atoms with van der Waals surface area (Å²) in [5, 5.41) is 2.57. The molecule has 0 N–H and O–H groups in total. The van der Waals surface area contributed by atoms with Gasteiger partial charge in [-0.05, 0) is 103 Å². The van der Waals surface area contributed by atoms with Crippen molar-refractivity contribution in [1.29, 1.82) is 0 Å². The third-order valence-electron chi connectivity index (χ3n) is 13.1. The predicted octanol–water partition coefficient (Wildman–Crippen LogP) is 16.8. The molecule has 1 aliphatic carbocycles. The van der Waals surface area contributed by atoms with Crippen LogP contribution in [-0.4, -0.2) is 9.97 Å². The summed E-state index contributed by atoms with van der Waals surface area (Å²) < 4.78 is 2.58. The highest BCUT2D eigenvalue weighted by atomic mass is 32.1. The Hall–Kier alpha value is -7.72. The molecule has 302 valence electrons. The molecule has 1 aliphatic rings. The van der Waals surface area contributed by atoms with Gasteiger partial charge in [0.1, 0.15) is 0 Å². The second-order valence-electron chi connectivity index (χ2n) is 17.3. The molecule has 0 unspecified atom stereocenters. The number of fused-ring (bicyclic) bond motifs is 6. The summed E-state index contributed by atoms with van der Waals surface area (Å²) in [4.78, 5) is 10.8. The Kier molecular flexibility index (Phi) is 9.06. The van der Waals surface area contributed by atoms with E-state index in [2.05, 4.69) is 226 Å². The van der Waals surface area contributed by atoms with Crippen LogP contribution < -0.4 is 0 Å². The van der Waals surface area contributed by atoms with E-state index >= 15 is 0 Å². The molecular formula is C61H42N2S. The normalized spacial score (nSPS) is 12.7. The van der Waals surface area contributed by atoms with Gasteiger partial charge in [-0.15, -0.1) is 11.3 Å². The van der Waals surface area contributed by atoms with Crippen molar-refractivity contribution < 1.29 is 0 Å². The first-order valence-electron chi connectivity index (χ1n) is 22.0. The van der Waals surface area contributed by atoms with Gasteiger partial charge in [0.2, 0.25) is 0 Å². The number of thiophene rings is 1. The highest BCUT2D eigenvalue weighted by molar-refractivity contribution is 7.26. The van der Waals surface area contributed by atoms with E-state index in [1.165, 1.54) is 64.7 Å². The number of hydrogen-bond acceptors (Lipinski definition) is 3. The number of nitrogens with zero attached hydrogens (tertiary/aromatic N) is 2. The van der Waals surface area contributed by atoms with Gasteiger partial charge in [-0.1, -0.05) is 196 Å². The van der Waals surface area contributed by atoms with Crippen LogP contribution in [0.3, 0.4) is 0 Å². The fraction of sp³-hybridized carbons (Fsp3) is 0.0492. The third kappa shape index (κ3) is 6.39. The van der Waals surface area contributed by atoms with E-state index in [0.29, 0.717) is 5.82 Å². The molecule has 64 heavy (non-hydrogen) atoms. The van der Waals surface area contributed by atoms with Crippen LogP contribution in [0.25, 0.3) is 110 Å². The quantitative estimate of drug-likeness (QED) is 0.160. The standard InChI is InChI=1S/C61H42N2S/c1-61(2)53-31-13-11-27-52(53)58-50(29-17-32-54(58)61)47-24-9-10-25-48(47)56-38-55(62-60(63-56)40-20-7-4-8-21-40)45-36-43(42-23-15-22-41(34-42)39-18-5-3-6-19-39)35-44(37-45)46-28-16-30-51-49-26-12-14-33-57(49)64-59(46)51/h3-38H,1-2H3. The second kappa shape index (κ2) is 15.3. The number of hydrogen-bond donors (Lipinski definition) is 0. The molecule has 12 rings (SSSR count). The van der Waals surface area contributed by atoms with Gasteiger partial charge in [0.15, 0.2) is 5.82 Å². The lowest BCUT2D eigenvalue weighted by molar-refractivity contribution is 0.660. The predicted molar refractivity (Wildman–Crippen MR) is 271 cm³/mol. The summed E-state index contributed by atoms with van der Waals surface area (Å²) in [6.07, 6.45) is 0. The van der Waals surface area contributed by atoms with Crippen molar-refractivity contribution in [3.05, 3.63) is 230 Å². The van der Waals surface area contributed by atoms with Crippen LogP contribution in [0.1, 0.15) is 25.0 Å². The largest absolute Gasteiger partial charge is 0.228 e. The minimum atomic E-state index is -0.108. The molecule has 11 aromatic rings. The molecule has 3 heteroatoms. The maximum Gasteiger partial charge on any atom is 0.160 e. The van der Waals surface area contributed by atoms with Gasteiger partial charge >= 0.3 is 0 Å². The van der Waals surface area contributed by atoms with Gasteiger partial charge in [-0.3, -0.25) is 0 Å². The third-order valence-corrected chi connectivity index (χ3v) is 14.3. The second-order valence-corrected chi connectivity index (χ2v) is 18.4. The van der Waals surface area contributed by atoms with Gasteiger partial charge < -0.3 is 0 Å². The molecule has 0 aliphatic heterocycles. The van der Waals surface area contributed by atoms with Crippen LogP contribution in [0.15, 0.2) is 218 Å². The summed E-state index contributed by atoms with van der Waals surface area (Å²) in [5.41, 5.74) is 19.4.